The van der Waals surface area contributed by atoms with Gasteiger partial charge in [-0.05, 0) is 24.1 Å². The number of nitro benzene ring substituents is 1. The zero-order chi connectivity index (χ0) is 15.2. The summed E-state index contributed by atoms with van der Waals surface area (Å²) in [6, 6.07) is 13.8. The van der Waals surface area contributed by atoms with Crippen LogP contribution in [0.15, 0.2) is 54.6 Å². The van der Waals surface area contributed by atoms with Gasteiger partial charge < -0.3 is 10.5 Å². The molecule has 0 bridgehead atoms. The molecule has 0 aliphatic rings. The molecule has 0 aromatic heterocycles. The van der Waals surface area contributed by atoms with Gasteiger partial charge in [0.25, 0.3) is 5.69 Å². The number of esters is 1. The lowest BCUT2D eigenvalue weighted by atomic mass is 10.1. The van der Waals surface area contributed by atoms with E-state index >= 15 is 0 Å². The smallest absolute Gasteiger partial charge is 0.328 e. The molecular formula is C15H14N2O4. The Kier molecular flexibility index (Phi) is 4.63. The fraction of sp³-hybridized carbons (Fsp3) is 0.133. The predicted molar refractivity (Wildman–Crippen MR) is 76.9 cm³/mol. The van der Waals surface area contributed by atoms with Gasteiger partial charge in [-0.1, -0.05) is 30.3 Å². The van der Waals surface area contributed by atoms with Gasteiger partial charge in [0, 0.05) is 12.1 Å². The summed E-state index contributed by atoms with van der Waals surface area (Å²) in [4.78, 5) is 21.9. The minimum Gasteiger partial charge on any atom is -0.425 e. The summed E-state index contributed by atoms with van der Waals surface area (Å²) >= 11 is 0. The lowest BCUT2D eigenvalue weighted by Crippen LogP contribution is -2.36. The van der Waals surface area contributed by atoms with E-state index in [4.69, 9.17) is 10.5 Å². The highest BCUT2D eigenvalue weighted by molar-refractivity contribution is 5.78. The van der Waals surface area contributed by atoms with Gasteiger partial charge >= 0.3 is 5.97 Å². The Morgan fingerprint density at radius 2 is 1.76 bits per heavy atom. The number of nitrogens with zero attached hydrogens (tertiary/aromatic N) is 1. The van der Waals surface area contributed by atoms with Crippen LogP contribution in [-0.4, -0.2) is 16.9 Å². The topological polar surface area (TPSA) is 95.5 Å². The van der Waals surface area contributed by atoms with Crippen LogP contribution in [0, 0.1) is 10.1 Å². The molecule has 0 unspecified atom stereocenters. The highest BCUT2D eigenvalue weighted by atomic mass is 16.6. The van der Waals surface area contributed by atoms with E-state index in [9.17, 15) is 14.9 Å². The zero-order valence-electron chi connectivity index (χ0n) is 11.1. The van der Waals surface area contributed by atoms with Gasteiger partial charge in [-0.3, -0.25) is 10.1 Å². The van der Waals surface area contributed by atoms with Crippen molar-refractivity contribution in [3.8, 4) is 5.75 Å². The quantitative estimate of drug-likeness (QED) is 0.393. The molecule has 1 atom stereocenters. The predicted octanol–water partition coefficient (Wildman–Crippen LogP) is 2.07. The van der Waals surface area contributed by atoms with Crippen LogP contribution in [-0.2, 0) is 11.2 Å². The number of hydrogen-bond donors (Lipinski definition) is 1. The Bertz CT molecular complexity index is 626. The lowest BCUT2D eigenvalue weighted by Gasteiger charge is -2.11. The average molecular weight is 286 g/mol. The van der Waals surface area contributed by atoms with Crippen molar-refractivity contribution in [2.75, 3.05) is 0 Å². The Balaban J connectivity index is 1.95. The van der Waals surface area contributed by atoms with Crippen LogP contribution in [0.4, 0.5) is 5.69 Å². The highest BCUT2D eigenvalue weighted by Gasteiger charge is 2.17. The standard InChI is InChI=1S/C15H14N2O4/c16-14(10-11-4-2-1-3-5-11)15(18)21-13-8-6-12(7-9-13)17(19)20/h1-9,14H,10,16H2/t14-/m1/s1. The number of nitrogens with two attached hydrogens (primary N) is 1. The SMILES string of the molecule is N[C@H](Cc1ccccc1)C(=O)Oc1ccc([N+](=O)[O-])cc1. The molecule has 0 saturated carbocycles. The van der Waals surface area contributed by atoms with Crippen molar-refractivity contribution in [3.63, 3.8) is 0 Å². The molecule has 2 aromatic rings. The second-order valence-corrected chi connectivity index (χ2v) is 4.47. The summed E-state index contributed by atoms with van der Waals surface area (Å²) in [5, 5.41) is 10.5. The average Bonchev–Trinajstić information content (AvgIpc) is 2.48. The number of hydrogen-bond acceptors (Lipinski definition) is 5. The van der Waals surface area contributed by atoms with Crippen LogP contribution in [0.1, 0.15) is 5.56 Å². The minimum atomic E-state index is -0.789. The largest absolute Gasteiger partial charge is 0.425 e. The van der Waals surface area contributed by atoms with E-state index in [1.807, 2.05) is 30.3 Å². The van der Waals surface area contributed by atoms with Gasteiger partial charge in [-0.25, -0.2) is 4.79 Å². The third-order valence-electron chi connectivity index (χ3n) is 2.87. The van der Waals surface area contributed by atoms with Crippen LogP contribution in [0.2, 0.25) is 0 Å². The normalized spacial score (nSPS) is 11.7. The first-order valence-electron chi connectivity index (χ1n) is 6.32. The Hall–Kier alpha value is -2.73. The zero-order valence-corrected chi connectivity index (χ0v) is 11.1. The number of ether oxygens (including phenoxy) is 1. The van der Waals surface area contributed by atoms with Crippen LogP contribution in [0.5, 0.6) is 5.75 Å². The Morgan fingerprint density at radius 3 is 2.33 bits per heavy atom. The van der Waals surface area contributed by atoms with Crippen molar-refractivity contribution in [3.05, 3.63) is 70.3 Å². The lowest BCUT2D eigenvalue weighted by molar-refractivity contribution is -0.384. The van der Waals surface area contributed by atoms with Crippen LogP contribution in [0.3, 0.4) is 0 Å². The molecular weight excluding hydrogens is 272 g/mol. The second-order valence-electron chi connectivity index (χ2n) is 4.47. The number of carbonyl (C=O) groups is 1. The first-order chi connectivity index (χ1) is 10.1. The summed E-state index contributed by atoms with van der Waals surface area (Å²) in [7, 11) is 0. The second kappa shape index (κ2) is 6.62. The van der Waals surface area contributed by atoms with E-state index < -0.39 is 16.9 Å². The highest BCUT2D eigenvalue weighted by Crippen LogP contribution is 2.17. The van der Waals surface area contributed by atoms with E-state index in [0.717, 1.165) is 5.56 Å². The number of benzene rings is 2. The number of carbonyl (C=O) groups excluding carboxylic acids is 1. The Morgan fingerprint density at radius 1 is 1.14 bits per heavy atom. The molecule has 0 heterocycles. The molecule has 21 heavy (non-hydrogen) atoms. The van der Waals surface area contributed by atoms with E-state index in [2.05, 4.69) is 0 Å². The monoisotopic (exact) mass is 286 g/mol. The first-order valence-corrected chi connectivity index (χ1v) is 6.32. The van der Waals surface area contributed by atoms with Crippen molar-refractivity contribution < 1.29 is 14.5 Å². The first kappa shape index (κ1) is 14.7. The van der Waals surface area contributed by atoms with Gasteiger partial charge in [-0.15, -0.1) is 0 Å². The van der Waals surface area contributed by atoms with Crippen molar-refractivity contribution in [2.45, 2.75) is 12.5 Å². The van der Waals surface area contributed by atoms with E-state index in [0.29, 0.717) is 6.42 Å². The van der Waals surface area contributed by atoms with E-state index in [1.54, 1.807) is 0 Å². The molecule has 0 aliphatic heterocycles. The third kappa shape index (κ3) is 4.12. The van der Waals surface area contributed by atoms with E-state index in [-0.39, 0.29) is 11.4 Å². The van der Waals surface area contributed by atoms with Gasteiger partial charge in [0.1, 0.15) is 11.8 Å². The molecule has 2 aromatic carbocycles. The number of rotatable bonds is 5. The van der Waals surface area contributed by atoms with E-state index in [1.165, 1.54) is 24.3 Å². The third-order valence-corrected chi connectivity index (χ3v) is 2.87. The van der Waals surface area contributed by atoms with Crippen molar-refractivity contribution >= 4 is 11.7 Å². The molecule has 6 heteroatoms. The summed E-state index contributed by atoms with van der Waals surface area (Å²) in [6.07, 6.45) is 0.368. The maximum absolute atomic E-state index is 11.9. The molecule has 0 spiro atoms. The minimum absolute atomic E-state index is 0.0663. The molecule has 0 aliphatic carbocycles. The van der Waals surface area contributed by atoms with Gasteiger partial charge in [0.2, 0.25) is 0 Å². The molecule has 0 amide bonds. The molecule has 0 radical (unpaired) electrons. The molecule has 2 rings (SSSR count). The van der Waals surface area contributed by atoms with Gasteiger partial charge in [0.05, 0.1) is 4.92 Å². The molecule has 108 valence electrons. The number of non-ortho nitro benzene ring substituents is 1. The molecule has 6 nitrogen and oxygen atoms in total. The molecule has 0 saturated heterocycles. The summed E-state index contributed by atoms with van der Waals surface area (Å²) in [5.74, 6) is -0.346. The maximum Gasteiger partial charge on any atom is 0.328 e. The van der Waals surface area contributed by atoms with Crippen LogP contribution >= 0.6 is 0 Å². The Labute approximate surface area is 121 Å². The molecule has 0 fully saturated rings. The fourth-order valence-electron chi connectivity index (χ4n) is 1.78. The van der Waals surface area contributed by atoms with Crippen molar-refractivity contribution in [1.29, 1.82) is 0 Å². The van der Waals surface area contributed by atoms with Crippen molar-refractivity contribution in [1.82, 2.24) is 0 Å². The van der Waals surface area contributed by atoms with Gasteiger partial charge in [-0.2, -0.15) is 0 Å². The van der Waals surface area contributed by atoms with Crippen LogP contribution < -0.4 is 10.5 Å². The molecule has 2 N–H and O–H groups in total. The summed E-state index contributed by atoms with van der Waals surface area (Å²) in [5.41, 5.74) is 6.66. The van der Waals surface area contributed by atoms with Crippen LogP contribution in [0.25, 0.3) is 0 Å². The number of nitro groups is 1. The fourth-order valence-corrected chi connectivity index (χ4v) is 1.78. The van der Waals surface area contributed by atoms with Crippen molar-refractivity contribution in [2.24, 2.45) is 5.73 Å². The summed E-state index contributed by atoms with van der Waals surface area (Å²) in [6.45, 7) is 0. The van der Waals surface area contributed by atoms with Gasteiger partial charge in [0.15, 0.2) is 0 Å². The maximum atomic E-state index is 11.9. The summed E-state index contributed by atoms with van der Waals surface area (Å²) < 4.78 is 5.10.